The summed E-state index contributed by atoms with van der Waals surface area (Å²) in [4.78, 5) is 0. The Morgan fingerprint density at radius 2 is 1.89 bits per heavy atom. The molecule has 0 radical (unpaired) electrons. The van der Waals surface area contributed by atoms with Crippen molar-refractivity contribution in [2.24, 2.45) is 0 Å². The summed E-state index contributed by atoms with van der Waals surface area (Å²) >= 11 is 0. The summed E-state index contributed by atoms with van der Waals surface area (Å²) in [7, 11) is 1.84. The third-order valence-electron chi connectivity index (χ3n) is 3.11. The van der Waals surface area contributed by atoms with E-state index >= 15 is 0 Å². The number of hydrogen-bond donors (Lipinski definition) is 1. The van der Waals surface area contributed by atoms with Crippen molar-refractivity contribution in [3.63, 3.8) is 0 Å². The van der Waals surface area contributed by atoms with E-state index in [1.807, 2.05) is 51.2 Å². The highest BCUT2D eigenvalue weighted by Gasteiger charge is 2.15. The Kier molecular flexibility index (Phi) is 4.17. The predicted molar refractivity (Wildman–Crippen MR) is 75.1 cm³/mol. The minimum Gasteiger partial charge on any atom is -0.454 e. The normalized spacial score (nSPS) is 12.2. The van der Waals surface area contributed by atoms with Crippen molar-refractivity contribution >= 4 is 0 Å². The maximum absolute atomic E-state index is 14.0. The van der Waals surface area contributed by atoms with Crippen molar-refractivity contribution in [2.45, 2.75) is 19.9 Å². The van der Waals surface area contributed by atoms with Gasteiger partial charge in [0.1, 0.15) is 5.75 Å². The van der Waals surface area contributed by atoms with Gasteiger partial charge in [-0.05, 0) is 44.7 Å². The Hall–Kier alpha value is -1.87. The fraction of sp³-hybridized carbons (Fsp3) is 0.250. The maximum atomic E-state index is 14.0. The first-order valence-corrected chi connectivity index (χ1v) is 6.32. The first-order chi connectivity index (χ1) is 9.11. The molecule has 0 fully saturated rings. The lowest BCUT2D eigenvalue weighted by Crippen LogP contribution is -2.13. The van der Waals surface area contributed by atoms with E-state index in [1.54, 1.807) is 6.07 Å². The molecule has 1 atom stereocenters. The molecule has 0 aromatic heterocycles. The monoisotopic (exact) mass is 259 g/mol. The second kappa shape index (κ2) is 5.85. The molecular formula is C16H18FNO. The van der Waals surface area contributed by atoms with Crippen LogP contribution in [0.2, 0.25) is 0 Å². The van der Waals surface area contributed by atoms with Gasteiger partial charge in [-0.1, -0.05) is 24.3 Å². The quantitative estimate of drug-likeness (QED) is 0.888. The number of para-hydroxylation sites is 1. The highest BCUT2D eigenvalue weighted by Crippen LogP contribution is 2.32. The fourth-order valence-electron chi connectivity index (χ4n) is 1.93. The molecule has 0 saturated heterocycles. The van der Waals surface area contributed by atoms with Crippen LogP contribution >= 0.6 is 0 Å². The van der Waals surface area contributed by atoms with Gasteiger partial charge in [0.05, 0.1) is 0 Å². The van der Waals surface area contributed by atoms with Crippen molar-refractivity contribution in [1.82, 2.24) is 5.32 Å². The molecule has 1 unspecified atom stereocenters. The zero-order chi connectivity index (χ0) is 13.8. The number of rotatable bonds is 4. The highest BCUT2D eigenvalue weighted by atomic mass is 19.1. The van der Waals surface area contributed by atoms with E-state index in [0.717, 1.165) is 11.1 Å². The van der Waals surface area contributed by atoms with Crippen LogP contribution in [0.15, 0.2) is 42.5 Å². The number of ether oxygens (including phenoxy) is 1. The molecular weight excluding hydrogens is 241 g/mol. The average Bonchev–Trinajstić information content (AvgIpc) is 2.40. The van der Waals surface area contributed by atoms with E-state index in [-0.39, 0.29) is 17.6 Å². The largest absolute Gasteiger partial charge is 0.454 e. The van der Waals surface area contributed by atoms with Crippen LogP contribution in [0.1, 0.15) is 24.1 Å². The van der Waals surface area contributed by atoms with E-state index in [4.69, 9.17) is 4.74 Å². The molecule has 2 rings (SSSR count). The SMILES string of the molecule is CNC(C)c1cccc(F)c1Oc1cccc(C)c1. The number of nitrogens with one attached hydrogen (secondary N) is 1. The summed E-state index contributed by atoms with van der Waals surface area (Å²) in [6.07, 6.45) is 0. The van der Waals surface area contributed by atoms with Crippen LogP contribution < -0.4 is 10.1 Å². The van der Waals surface area contributed by atoms with E-state index < -0.39 is 0 Å². The number of benzene rings is 2. The molecule has 0 aliphatic carbocycles. The van der Waals surface area contributed by atoms with Gasteiger partial charge in [-0.3, -0.25) is 0 Å². The molecule has 0 amide bonds. The minimum atomic E-state index is -0.346. The van der Waals surface area contributed by atoms with E-state index in [2.05, 4.69) is 5.32 Å². The zero-order valence-electron chi connectivity index (χ0n) is 11.4. The molecule has 0 spiro atoms. The molecule has 2 nitrogen and oxygen atoms in total. The van der Waals surface area contributed by atoms with Crippen LogP contribution in [-0.2, 0) is 0 Å². The molecule has 0 aliphatic heterocycles. The highest BCUT2D eigenvalue weighted by molar-refractivity contribution is 5.41. The van der Waals surface area contributed by atoms with Gasteiger partial charge in [-0.2, -0.15) is 0 Å². The zero-order valence-corrected chi connectivity index (χ0v) is 11.4. The van der Waals surface area contributed by atoms with Crippen LogP contribution in [0, 0.1) is 12.7 Å². The van der Waals surface area contributed by atoms with Gasteiger partial charge in [0, 0.05) is 11.6 Å². The van der Waals surface area contributed by atoms with Gasteiger partial charge >= 0.3 is 0 Å². The molecule has 1 N–H and O–H groups in total. The molecule has 100 valence electrons. The summed E-state index contributed by atoms with van der Waals surface area (Å²) < 4.78 is 19.7. The van der Waals surface area contributed by atoms with Gasteiger partial charge in [0.2, 0.25) is 0 Å². The topological polar surface area (TPSA) is 21.3 Å². The summed E-state index contributed by atoms with van der Waals surface area (Å²) in [5.41, 5.74) is 1.89. The number of hydrogen-bond acceptors (Lipinski definition) is 2. The Morgan fingerprint density at radius 3 is 2.58 bits per heavy atom. The van der Waals surface area contributed by atoms with E-state index in [9.17, 15) is 4.39 Å². The van der Waals surface area contributed by atoms with Crippen molar-refractivity contribution in [3.05, 3.63) is 59.4 Å². The van der Waals surface area contributed by atoms with Crippen molar-refractivity contribution in [3.8, 4) is 11.5 Å². The summed E-state index contributed by atoms with van der Waals surface area (Å²) in [6, 6.07) is 12.6. The van der Waals surface area contributed by atoms with Crippen LogP contribution in [-0.4, -0.2) is 7.05 Å². The van der Waals surface area contributed by atoms with Gasteiger partial charge < -0.3 is 10.1 Å². The lowest BCUT2D eigenvalue weighted by molar-refractivity contribution is 0.428. The third-order valence-corrected chi connectivity index (χ3v) is 3.11. The van der Waals surface area contributed by atoms with Crippen LogP contribution in [0.5, 0.6) is 11.5 Å². The van der Waals surface area contributed by atoms with Crippen molar-refractivity contribution in [2.75, 3.05) is 7.05 Å². The van der Waals surface area contributed by atoms with Crippen LogP contribution in [0.4, 0.5) is 4.39 Å². The predicted octanol–water partition coefficient (Wildman–Crippen LogP) is 4.21. The molecule has 0 saturated carbocycles. The van der Waals surface area contributed by atoms with Crippen molar-refractivity contribution in [1.29, 1.82) is 0 Å². The molecule has 0 aliphatic rings. The first-order valence-electron chi connectivity index (χ1n) is 6.32. The van der Waals surface area contributed by atoms with Gasteiger partial charge in [-0.15, -0.1) is 0 Å². The third kappa shape index (κ3) is 3.12. The first kappa shape index (κ1) is 13.6. The summed E-state index contributed by atoms with van der Waals surface area (Å²) in [6.45, 7) is 3.95. The smallest absolute Gasteiger partial charge is 0.167 e. The molecule has 0 heterocycles. The van der Waals surface area contributed by atoms with Crippen molar-refractivity contribution < 1.29 is 9.13 Å². The standard InChI is InChI=1S/C16H18FNO/c1-11-6-4-7-13(10-11)19-16-14(12(2)18-3)8-5-9-15(16)17/h4-10,12,18H,1-3H3. The molecule has 2 aromatic rings. The Morgan fingerprint density at radius 1 is 1.16 bits per heavy atom. The number of halogens is 1. The van der Waals surface area contributed by atoms with Crippen LogP contribution in [0.3, 0.4) is 0 Å². The molecule has 3 heteroatoms. The number of aryl methyl sites for hydroxylation is 1. The second-order valence-electron chi connectivity index (χ2n) is 4.59. The molecule has 2 aromatic carbocycles. The molecule has 0 bridgehead atoms. The average molecular weight is 259 g/mol. The molecule has 19 heavy (non-hydrogen) atoms. The van der Waals surface area contributed by atoms with Gasteiger partial charge in [0.15, 0.2) is 11.6 Å². The van der Waals surface area contributed by atoms with Crippen LogP contribution in [0.25, 0.3) is 0 Å². The Balaban J connectivity index is 2.38. The minimum absolute atomic E-state index is 0.0236. The Bertz CT molecular complexity index is 568. The van der Waals surface area contributed by atoms with E-state index in [1.165, 1.54) is 6.07 Å². The van der Waals surface area contributed by atoms with Gasteiger partial charge in [-0.25, -0.2) is 4.39 Å². The lowest BCUT2D eigenvalue weighted by atomic mass is 10.1. The fourth-order valence-corrected chi connectivity index (χ4v) is 1.93. The Labute approximate surface area is 113 Å². The summed E-state index contributed by atoms with van der Waals surface area (Å²) in [5.74, 6) is 0.589. The van der Waals surface area contributed by atoms with Gasteiger partial charge in [0.25, 0.3) is 0 Å². The maximum Gasteiger partial charge on any atom is 0.167 e. The summed E-state index contributed by atoms with van der Waals surface area (Å²) in [5, 5.41) is 3.10. The second-order valence-corrected chi connectivity index (χ2v) is 4.59. The van der Waals surface area contributed by atoms with E-state index in [0.29, 0.717) is 5.75 Å². The lowest BCUT2D eigenvalue weighted by Gasteiger charge is -2.17.